The number of aryl methyl sites for hydroxylation is 1. The number of methoxy groups -OCH3 is 1. The van der Waals surface area contributed by atoms with E-state index in [4.69, 9.17) is 4.74 Å². The normalized spacial score (nSPS) is 13.8. The molecule has 1 aliphatic rings. The number of H-pyrrole nitrogens is 1. The second-order valence-electron chi connectivity index (χ2n) is 12.0. The van der Waals surface area contributed by atoms with Crippen molar-refractivity contribution in [2.75, 3.05) is 17.7 Å². The molecule has 4 N–H and O–H groups in total. The first-order chi connectivity index (χ1) is 24.3. The third kappa shape index (κ3) is 8.18. The van der Waals surface area contributed by atoms with Crippen LogP contribution in [-0.2, 0) is 27.2 Å². The molecule has 50 heavy (non-hydrogen) atoms. The van der Waals surface area contributed by atoms with Crippen LogP contribution in [0.4, 0.5) is 10.7 Å². The molecule has 2 aromatic heterocycles. The van der Waals surface area contributed by atoms with E-state index in [9.17, 15) is 19.2 Å². The Balaban J connectivity index is 1.18. The second kappa shape index (κ2) is 16.1. The Hall–Kier alpha value is -5.13. The van der Waals surface area contributed by atoms with E-state index < -0.39 is 23.0 Å². The molecule has 9 nitrogen and oxygen atoms in total. The number of thioether (sulfide) groups is 1. The topological polar surface area (TPSA) is 129 Å². The van der Waals surface area contributed by atoms with Gasteiger partial charge in [0.1, 0.15) is 10.7 Å². The van der Waals surface area contributed by atoms with Gasteiger partial charge in [0.05, 0.1) is 17.9 Å². The summed E-state index contributed by atoms with van der Waals surface area (Å²) in [6.07, 6.45) is 9.45. The molecule has 0 fully saturated rings. The van der Waals surface area contributed by atoms with Gasteiger partial charge >= 0.3 is 5.97 Å². The summed E-state index contributed by atoms with van der Waals surface area (Å²) >= 11 is 2.80. The number of fused-ring (bicyclic) bond motifs is 2. The van der Waals surface area contributed by atoms with Crippen molar-refractivity contribution < 1.29 is 23.9 Å². The first kappa shape index (κ1) is 34.7. The highest BCUT2D eigenvalue weighted by Crippen LogP contribution is 2.38. The number of hydrogen-bond acceptors (Lipinski definition) is 7. The van der Waals surface area contributed by atoms with Crippen molar-refractivity contribution in [2.45, 2.75) is 55.6 Å². The van der Waals surface area contributed by atoms with Crippen LogP contribution in [-0.4, -0.2) is 41.0 Å². The molecule has 3 aromatic carbocycles. The Morgan fingerprint density at radius 2 is 1.66 bits per heavy atom. The fourth-order valence-corrected chi connectivity index (χ4v) is 8.16. The number of anilines is 2. The predicted molar refractivity (Wildman–Crippen MR) is 201 cm³/mol. The van der Waals surface area contributed by atoms with Crippen LogP contribution in [0.15, 0.2) is 95.7 Å². The molecule has 5 aromatic rings. The predicted octanol–water partition coefficient (Wildman–Crippen LogP) is 8.20. The SMILES string of the molecule is COC(=O)c1c(NC(=O)C(C)Sc2cccc(NC(=O)/C(=C/c3c[nH]c4ccccc34)NC(=O)c3ccccc3)c2)sc2c1CCCCCC2. The minimum atomic E-state index is -0.515. The molecule has 0 spiro atoms. The van der Waals surface area contributed by atoms with Gasteiger partial charge in [-0.25, -0.2) is 4.79 Å². The lowest BCUT2D eigenvalue weighted by Gasteiger charge is -2.14. The summed E-state index contributed by atoms with van der Waals surface area (Å²) in [6.45, 7) is 1.80. The van der Waals surface area contributed by atoms with Crippen LogP contribution >= 0.6 is 23.1 Å². The quantitative estimate of drug-likeness (QED) is 0.0659. The van der Waals surface area contributed by atoms with Gasteiger partial charge in [0.2, 0.25) is 5.91 Å². The summed E-state index contributed by atoms with van der Waals surface area (Å²) in [4.78, 5) is 58.2. The Kier molecular flexibility index (Phi) is 11.1. The number of esters is 1. The van der Waals surface area contributed by atoms with Gasteiger partial charge in [-0.15, -0.1) is 23.1 Å². The Labute approximate surface area is 298 Å². The number of aromatic nitrogens is 1. The van der Waals surface area contributed by atoms with Crippen LogP contribution in [0, 0.1) is 0 Å². The molecule has 11 heteroatoms. The fourth-order valence-electron chi connectivity index (χ4n) is 5.95. The molecule has 1 aliphatic carbocycles. The third-order valence-corrected chi connectivity index (χ3v) is 10.8. The van der Waals surface area contributed by atoms with E-state index in [0.29, 0.717) is 21.8 Å². The number of thiophene rings is 1. The van der Waals surface area contributed by atoms with Crippen molar-refractivity contribution in [1.82, 2.24) is 10.3 Å². The van der Waals surface area contributed by atoms with E-state index >= 15 is 0 Å². The van der Waals surface area contributed by atoms with Crippen molar-refractivity contribution in [3.05, 3.63) is 118 Å². The van der Waals surface area contributed by atoms with E-state index in [0.717, 1.165) is 70.3 Å². The van der Waals surface area contributed by atoms with Gasteiger partial charge in [0.15, 0.2) is 0 Å². The minimum absolute atomic E-state index is 0.0702. The molecule has 6 rings (SSSR count). The molecule has 0 bridgehead atoms. The van der Waals surface area contributed by atoms with Crippen molar-refractivity contribution in [3.63, 3.8) is 0 Å². The largest absolute Gasteiger partial charge is 0.465 e. The molecule has 1 atom stereocenters. The van der Waals surface area contributed by atoms with E-state index in [1.165, 1.54) is 30.2 Å². The lowest BCUT2D eigenvalue weighted by atomic mass is 9.96. The number of para-hydroxylation sites is 1. The average Bonchev–Trinajstić information content (AvgIpc) is 3.68. The first-order valence-corrected chi connectivity index (χ1v) is 18.3. The highest BCUT2D eigenvalue weighted by molar-refractivity contribution is 8.00. The summed E-state index contributed by atoms with van der Waals surface area (Å²) in [5.41, 5.74) is 4.11. The number of benzene rings is 3. The zero-order chi connectivity index (χ0) is 35.0. The lowest BCUT2D eigenvalue weighted by molar-refractivity contribution is -0.115. The zero-order valence-corrected chi connectivity index (χ0v) is 29.5. The Bertz CT molecular complexity index is 2070. The summed E-state index contributed by atoms with van der Waals surface area (Å²) in [6, 6.07) is 23.6. The molecule has 2 heterocycles. The smallest absolute Gasteiger partial charge is 0.341 e. The molecular weight excluding hydrogens is 669 g/mol. The van der Waals surface area contributed by atoms with Crippen molar-refractivity contribution in [2.24, 2.45) is 0 Å². The maximum Gasteiger partial charge on any atom is 0.341 e. The highest BCUT2D eigenvalue weighted by Gasteiger charge is 2.27. The number of rotatable bonds is 10. The maximum atomic E-state index is 13.7. The number of aromatic amines is 1. The van der Waals surface area contributed by atoms with E-state index in [2.05, 4.69) is 20.9 Å². The van der Waals surface area contributed by atoms with Crippen LogP contribution in [0.1, 0.15) is 69.3 Å². The van der Waals surface area contributed by atoms with E-state index in [1.807, 2.05) is 36.4 Å². The van der Waals surface area contributed by atoms with Gasteiger partial charge in [-0.1, -0.05) is 55.3 Å². The van der Waals surface area contributed by atoms with Crippen molar-refractivity contribution >= 4 is 74.5 Å². The lowest BCUT2D eigenvalue weighted by Crippen LogP contribution is -2.30. The molecule has 3 amide bonds. The van der Waals surface area contributed by atoms with Gasteiger partial charge in [0, 0.05) is 43.7 Å². The molecule has 1 unspecified atom stereocenters. The third-order valence-electron chi connectivity index (χ3n) is 8.52. The van der Waals surface area contributed by atoms with Gasteiger partial charge in [-0.3, -0.25) is 14.4 Å². The minimum Gasteiger partial charge on any atom is -0.465 e. The second-order valence-corrected chi connectivity index (χ2v) is 14.5. The van der Waals surface area contributed by atoms with Crippen molar-refractivity contribution in [3.8, 4) is 0 Å². The summed E-state index contributed by atoms with van der Waals surface area (Å²) in [5, 5.41) is 9.64. The monoisotopic (exact) mass is 706 g/mol. The van der Waals surface area contributed by atoms with Crippen LogP contribution < -0.4 is 16.0 Å². The van der Waals surface area contributed by atoms with Crippen LogP contribution in [0.2, 0.25) is 0 Å². The van der Waals surface area contributed by atoms with Crippen LogP contribution in [0.3, 0.4) is 0 Å². The number of ether oxygens (including phenoxy) is 1. The molecule has 0 saturated heterocycles. The molecule has 0 aliphatic heterocycles. The Morgan fingerprint density at radius 1 is 0.900 bits per heavy atom. The molecule has 0 saturated carbocycles. The standard InChI is InChI=1S/C39H38N4O5S2/c1-24(35(44)43-38-34(39(47)48-2)30-18-8-3-4-9-20-33(30)50-38)49-28-16-12-15-27(22-28)41-37(46)32(42-36(45)25-13-6-5-7-14-25)21-26-23-40-31-19-11-10-17-29(26)31/h5-7,10-17,19,21-24,40H,3-4,8-9,18,20H2,1-2H3,(H,41,46)(H,42,45)(H,43,44)/b32-21-. The number of amides is 3. The van der Waals surface area contributed by atoms with Gasteiger partial charge in [-0.05, 0) is 80.6 Å². The van der Waals surface area contributed by atoms with Crippen molar-refractivity contribution in [1.29, 1.82) is 0 Å². The summed E-state index contributed by atoms with van der Waals surface area (Å²) < 4.78 is 5.11. The summed E-state index contributed by atoms with van der Waals surface area (Å²) in [5.74, 6) is -1.59. The number of nitrogens with one attached hydrogen (secondary N) is 4. The van der Waals surface area contributed by atoms with Gasteiger partial charge in [0.25, 0.3) is 11.8 Å². The number of carbonyl (C=O) groups excluding carboxylic acids is 4. The van der Waals surface area contributed by atoms with E-state index in [1.54, 1.807) is 61.7 Å². The molecule has 0 radical (unpaired) electrons. The average molecular weight is 707 g/mol. The van der Waals surface area contributed by atoms with Crippen LogP contribution in [0.5, 0.6) is 0 Å². The maximum absolute atomic E-state index is 13.7. The first-order valence-electron chi connectivity index (χ1n) is 16.6. The number of hydrogen-bond donors (Lipinski definition) is 4. The van der Waals surface area contributed by atoms with Crippen LogP contribution in [0.25, 0.3) is 17.0 Å². The molecule has 256 valence electrons. The fraction of sp³-hybridized carbons (Fsp3) is 0.231. The van der Waals surface area contributed by atoms with E-state index in [-0.39, 0.29) is 11.6 Å². The highest BCUT2D eigenvalue weighted by atomic mass is 32.2. The summed E-state index contributed by atoms with van der Waals surface area (Å²) in [7, 11) is 1.36. The van der Waals surface area contributed by atoms with Gasteiger partial charge < -0.3 is 25.7 Å². The molecular formula is C39H38N4O5S2. The van der Waals surface area contributed by atoms with Gasteiger partial charge in [-0.2, -0.15) is 0 Å². The Morgan fingerprint density at radius 3 is 2.46 bits per heavy atom. The number of carbonyl (C=O) groups is 4. The zero-order valence-electron chi connectivity index (χ0n) is 27.8.